The van der Waals surface area contributed by atoms with Gasteiger partial charge >= 0.3 is 0 Å². The number of rotatable bonds is 7. The first-order chi connectivity index (χ1) is 10.1. The predicted octanol–water partition coefficient (Wildman–Crippen LogP) is 3.58. The lowest BCUT2D eigenvalue weighted by atomic mass is 10.3. The summed E-state index contributed by atoms with van der Waals surface area (Å²) >= 11 is 3.40. The molecule has 0 radical (unpaired) electrons. The quantitative estimate of drug-likeness (QED) is 0.791. The second-order valence-electron chi connectivity index (χ2n) is 4.81. The summed E-state index contributed by atoms with van der Waals surface area (Å²) in [6.07, 6.45) is 3.79. The number of thiazole rings is 1. The number of thioether (sulfide) groups is 1. The largest absolute Gasteiger partial charge is 0.455 e. The van der Waals surface area contributed by atoms with E-state index in [1.165, 1.54) is 4.88 Å². The summed E-state index contributed by atoms with van der Waals surface area (Å²) in [6.45, 7) is 4.75. The minimum atomic E-state index is -0.145. The minimum Gasteiger partial charge on any atom is -0.455 e. The smallest absolute Gasteiger partial charge is 0.286 e. The molecule has 0 unspecified atom stereocenters. The number of hydrogen-bond donors (Lipinski definition) is 1. The Kier molecular flexibility index (Phi) is 5.87. The van der Waals surface area contributed by atoms with Gasteiger partial charge in [-0.25, -0.2) is 4.98 Å². The maximum absolute atomic E-state index is 11.9. The van der Waals surface area contributed by atoms with Gasteiger partial charge in [0.1, 0.15) is 5.76 Å². The van der Waals surface area contributed by atoms with Gasteiger partial charge in [-0.3, -0.25) is 4.79 Å². The Balaban J connectivity index is 1.73. The molecule has 0 spiro atoms. The van der Waals surface area contributed by atoms with Gasteiger partial charge in [-0.1, -0.05) is 0 Å². The molecule has 0 aliphatic carbocycles. The molecule has 1 N–H and O–H groups in total. The number of amides is 1. The van der Waals surface area contributed by atoms with Crippen molar-refractivity contribution in [3.8, 4) is 0 Å². The maximum atomic E-state index is 11.9. The molecule has 0 aliphatic heterocycles. The highest BCUT2D eigenvalue weighted by Crippen LogP contribution is 2.17. The van der Waals surface area contributed by atoms with Crippen LogP contribution in [0.3, 0.4) is 0 Å². The molecular formula is C15H20N2O2S2. The van der Waals surface area contributed by atoms with E-state index in [9.17, 15) is 4.79 Å². The van der Waals surface area contributed by atoms with Gasteiger partial charge < -0.3 is 9.73 Å². The summed E-state index contributed by atoms with van der Waals surface area (Å²) in [5, 5.41) is 4.02. The van der Waals surface area contributed by atoms with E-state index in [1.54, 1.807) is 29.2 Å². The van der Waals surface area contributed by atoms with Crippen molar-refractivity contribution in [3.05, 3.63) is 39.2 Å². The van der Waals surface area contributed by atoms with Crippen LogP contribution in [0, 0.1) is 13.8 Å². The van der Waals surface area contributed by atoms with Crippen LogP contribution in [0.25, 0.3) is 0 Å². The van der Waals surface area contributed by atoms with Crippen LogP contribution in [0.1, 0.15) is 38.3 Å². The van der Waals surface area contributed by atoms with Crippen molar-refractivity contribution in [3.63, 3.8) is 0 Å². The monoisotopic (exact) mass is 324 g/mol. The SMILES string of the molecule is CSCc1ccc(C(=O)NCCCc2nc(C)c(C)s2)o1. The van der Waals surface area contributed by atoms with E-state index >= 15 is 0 Å². The molecule has 114 valence electrons. The molecule has 6 heteroatoms. The molecule has 0 fully saturated rings. The van der Waals surface area contributed by atoms with Gasteiger partial charge in [-0.2, -0.15) is 11.8 Å². The Morgan fingerprint density at radius 3 is 2.90 bits per heavy atom. The third-order valence-electron chi connectivity index (χ3n) is 3.10. The van der Waals surface area contributed by atoms with Crippen molar-refractivity contribution in [2.24, 2.45) is 0 Å². The number of nitrogens with zero attached hydrogens (tertiary/aromatic N) is 1. The van der Waals surface area contributed by atoms with E-state index in [0.717, 1.165) is 35.1 Å². The Hall–Kier alpha value is -1.27. The standard InChI is InChI=1S/C15H20N2O2S2/c1-10-11(2)21-14(17-10)5-4-8-16-15(18)13-7-6-12(19-13)9-20-3/h6-7H,4-5,8-9H2,1-3H3,(H,16,18). The highest BCUT2D eigenvalue weighted by Gasteiger charge is 2.10. The molecule has 0 atom stereocenters. The second-order valence-corrected chi connectivity index (χ2v) is 6.96. The van der Waals surface area contributed by atoms with E-state index in [1.807, 2.05) is 19.2 Å². The van der Waals surface area contributed by atoms with Crippen LogP contribution in [-0.4, -0.2) is 23.7 Å². The summed E-state index contributed by atoms with van der Waals surface area (Å²) in [4.78, 5) is 17.7. The van der Waals surface area contributed by atoms with Gasteiger partial charge in [0.2, 0.25) is 0 Å². The number of carbonyl (C=O) groups is 1. The molecule has 1 amide bonds. The number of nitrogens with one attached hydrogen (secondary N) is 1. The van der Waals surface area contributed by atoms with Crippen LogP contribution in [-0.2, 0) is 12.2 Å². The van der Waals surface area contributed by atoms with Gasteiger partial charge in [0.15, 0.2) is 5.76 Å². The van der Waals surface area contributed by atoms with Gasteiger partial charge in [0.05, 0.1) is 16.5 Å². The summed E-state index contributed by atoms with van der Waals surface area (Å²) in [6, 6.07) is 3.58. The van der Waals surface area contributed by atoms with Crippen molar-refractivity contribution < 1.29 is 9.21 Å². The maximum Gasteiger partial charge on any atom is 0.286 e. The zero-order valence-electron chi connectivity index (χ0n) is 12.6. The molecule has 0 aliphatic rings. The van der Waals surface area contributed by atoms with Crippen LogP contribution in [0.4, 0.5) is 0 Å². The molecule has 0 bridgehead atoms. The zero-order chi connectivity index (χ0) is 15.2. The average molecular weight is 324 g/mol. The van der Waals surface area contributed by atoms with Crippen LogP contribution < -0.4 is 5.32 Å². The molecule has 4 nitrogen and oxygen atoms in total. The molecule has 2 heterocycles. The van der Waals surface area contributed by atoms with Gasteiger partial charge in [0.25, 0.3) is 5.91 Å². The highest BCUT2D eigenvalue weighted by molar-refractivity contribution is 7.97. The van der Waals surface area contributed by atoms with Gasteiger partial charge in [-0.15, -0.1) is 11.3 Å². The second kappa shape index (κ2) is 7.66. The molecule has 21 heavy (non-hydrogen) atoms. The van der Waals surface area contributed by atoms with E-state index in [2.05, 4.69) is 17.2 Å². The highest BCUT2D eigenvalue weighted by atomic mass is 32.2. The number of furan rings is 1. The zero-order valence-corrected chi connectivity index (χ0v) is 14.2. The summed E-state index contributed by atoms with van der Waals surface area (Å²) in [7, 11) is 0. The van der Waals surface area contributed by atoms with Crippen LogP contribution in [0.15, 0.2) is 16.5 Å². The van der Waals surface area contributed by atoms with Crippen LogP contribution >= 0.6 is 23.1 Å². The van der Waals surface area contributed by atoms with E-state index in [0.29, 0.717) is 12.3 Å². The lowest BCUT2D eigenvalue weighted by Gasteiger charge is -2.02. The van der Waals surface area contributed by atoms with Crippen molar-refractivity contribution in [1.29, 1.82) is 0 Å². The van der Waals surface area contributed by atoms with Crippen molar-refractivity contribution in [1.82, 2.24) is 10.3 Å². The van der Waals surface area contributed by atoms with Crippen LogP contribution in [0.5, 0.6) is 0 Å². The number of aromatic nitrogens is 1. The molecule has 2 aromatic rings. The molecule has 0 saturated heterocycles. The van der Waals surface area contributed by atoms with E-state index in [4.69, 9.17) is 4.42 Å². The number of carbonyl (C=O) groups excluding carboxylic acids is 1. The Morgan fingerprint density at radius 2 is 2.24 bits per heavy atom. The van der Waals surface area contributed by atoms with E-state index in [-0.39, 0.29) is 5.91 Å². The van der Waals surface area contributed by atoms with Gasteiger partial charge in [0, 0.05) is 17.8 Å². The van der Waals surface area contributed by atoms with Crippen molar-refractivity contribution in [2.45, 2.75) is 32.4 Å². The van der Waals surface area contributed by atoms with Crippen LogP contribution in [0.2, 0.25) is 0 Å². The fourth-order valence-corrected chi connectivity index (χ4v) is 3.31. The third-order valence-corrected chi connectivity index (χ3v) is 4.80. The third kappa shape index (κ3) is 4.61. The summed E-state index contributed by atoms with van der Waals surface area (Å²) < 4.78 is 5.48. The molecular weight excluding hydrogens is 304 g/mol. The lowest BCUT2D eigenvalue weighted by molar-refractivity contribution is 0.0924. The topological polar surface area (TPSA) is 55.1 Å². The average Bonchev–Trinajstić information content (AvgIpc) is 3.03. The number of hydrogen-bond acceptors (Lipinski definition) is 5. The Bertz CT molecular complexity index is 585. The van der Waals surface area contributed by atoms with Gasteiger partial charge in [-0.05, 0) is 38.7 Å². The first kappa shape index (κ1) is 16.1. The lowest BCUT2D eigenvalue weighted by Crippen LogP contribution is -2.24. The molecule has 2 aromatic heterocycles. The fraction of sp³-hybridized carbons (Fsp3) is 0.467. The first-order valence-corrected chi connectivity index (χ1v) is 9.10. The molecule has 2 rings (SSSR count). The normalized spacial score (nSPS) is 10.8. The Labute approximate surface area is 133 Å². The minimum absolute atomic E-state index is 0.145. The fourth-order valence-electron chi connectivity index (χ4n) is 1.89. The summed E-state index contributed by atoms with van der Waals surface area (Å²) in [5.74, 6) is 1.87. The first-order valence-electron chi connectivity index (χ1n) is 6.89. The Morgan fingerprint density at radius 1 is 1.43 bits per heavy atom. The summed E-state index contributed by atoms with van der Waals surface area (Å²) in [5.41, 5.74) is 1.11. The van der Waals surface area contributed by atoms with Crippen molar-refractivity contribution in [2.75, 3.05) is 12.8 Å². The van der Waals surface area contributed by atoms with E-state index < -0.39 is 0 Å². The predicted molar refractivity (Wildman–Crippen MR) is 88.2 cm³/mol. The number of aryl methyl sites for hydroxylation is 3. The molecule has 0 saturated carbocycles. The van der Waals surface area contributed by atoms with Crippen molar-refractivity contribution >= 4 is 29.0 Å². The molecule has 0 aromatic carbocycles.